The summed E-state index contributed by atoms with van der Waals surface area (Å²) in [4.78, 5) is 26.5. The molecule has 0 bridgehead atoms. The Morgan fingerprint density at radius 1 is 1.20 bits per heavy atom. The SMILES string of the molecule is COC(=O)Nc1ccc(Cl)c(CN(C(=O)c2cccc(F)c2)C2CCC(N)CC2)c1. The number of nitrogens with one attached hydrogen (secondary N) is 1. The van der Waals surface area contributed by atoms with Gasteiger partial charge in [-0.3, -0.25) is 10.1 Å². The van der Waals surface area contributed by atoms with Gasteiger partial charge in [0, 0.05) is 34.9 Å². The predicted octanol–water partition coefficient (Wildman–Crippen LogP) is 4.57. The van der Waals surface area contributed by atoms with Crippen molar-refractivity contribution in [2.45, 2.75) is 44.3 Å². The van der Waals surface area contributed by atoms with E-state index in [1.165, 1.54) is 25.3 Å². The number of ether oxygens (including phenoxy) is 1. The fourth-order valence-corrected chi connectivity index (χ4v) is 3.87. The van der Waals surface area contributed by atoms with Crippen molar-refractivity contribution in [3.63, 3.8) is 0 Å². The van der Waals surface area contributed by atoms with Crippen molar-refractivity contribution in [1.29, 1.82) is 0 Å². The maximum absolute atomic E-state index is 13.7. The van der Waals surface area contributed by atoms with Crippen LogP contribution in [0.15, 0.2) is 42.5 Å². The summed E-state index contributed by atoms with van der Waals surface area (Å²) >= 11 is 6.39. The van der Waals surface area contributed by atoms with E-state index in [2.05, 4.69) is 10.1 Å². The maximum atomic E-state index is 13.7. The van der Waals surface area contributed by atoms with Gasteiger partial charge in [0.2, 0.25) is 0 Å². The van der Waals surface area contributed by atoms with Gasteiger partial charge in [-0.15, -0.1) is 0 Å². The normalized spacial score (nSPS) is 18.5. The largest absolute Gasteiger partial charge is 0.453 e. The van der Waals surface area contributed by atoms with Crippen LogP contribution in [0, 0.1) is 5.82 Å². The molecule has 0 unspecified atom stereocenters. The van der Waals surface area contributed by atoms with Gasteiger partial charge in [0.15, 0.2) is 0 Å². The lowest BCUT2D eigenvalue weighted by Gasteiger charge is -2.36. The zero-order valence-corrected chi connectivity index (χ0v) is 17.5. The van der Waals surface area contributed by atoms with Crippen LogP contribution in [-0.2, 0) is 11.3 Å². The average Bonchev–Trinajstić information content (AvgIpc) is 2.74. The quantitative estimate of drug-likeness (QED) is 0.723. The van der Waals surface area contributed by atoms with Gasteiger partial charge in [0.1, 0.15) is 5.82 Å². The van der Waals surface area contributed by atoms with Gasteiger partial charge in [-0.2, -0.15) is 0 Å². The lowest BCUT2D eigenvalue weighted by Crippen LogP contribution is -2.44. The molecular weight excluding hydrogens is 409 g/mol. The second-order valence-corrected chi connectivity index (χ2v) is 7.84. The molecule has 0 atom stereocenters. The molecule has 3 rings (SSSR count). The first-order valence-corrected chi connectivity index (χ1v) is 10.2. The number of carbonyl (C=O) groups is 2. The third-order valence-corrected chi connectivity index (χ3v) is 5.70. The fraction of sp³-hybridized carbons (Fsp3) is 0.364. The highest BCUT2D eigenvalue weighted by Crippen LogP contribution is 2.29. The number of hydrogen-bond donors (Lipinski definition) is 2. The Kier molecular flexibility index (Phi) is 7.29. The van der Waals surface area contributed by atoms with Gasteiger partial charge in [0.25, 0.3) is 5.91 Å². The van der Waals surface area contributed by atoms with E-state index in [4.69, 9.17) is 17.3 Å². The molecule has 0 heterocycles. The molecular formula is C22H25ClFN3O3. The Labute approximate surface area is 180 Å². The molecule has 30 heavy (non-hydrogen) atoms. The number of halogens is 2. The molecule has 8 heteroatoms. The third-order valence-electron chi connectivity index (χ3n) is 5.33. The molecule has 1 aliphatic rings. The van der Waals surface area contributed by atoms with Gasteiger partial charge < -0.3 is 15.4 Å². The summed E-state index contributed by atoms with van der Waals surface area (Å²) in [5.74, 6) is -0.730. The Morgan fingerprint density at radius 3 is 2.60 bits per heavy atom. The van der Waals surface area contributed by atoms with E-state index in [1.54, 1.807) is 29.2 Å². The van der Waals surface area contributed by atoms with Crippen molar-refractivity contribution in [2.75, 3.05) is 12.4 Å². The second kappa shape index (κ2) is 9.91. The van der Waals surface area contributed by atoms with Crippen molar-refractivity contribution in [3.8, 4) is 0 Å². The summed E-state index contributed by atoms with van der Waals surface area (Å²) in [6.07, 6.45) is 2.56. The summed E-state index contributed by atoms with van der Waals surface area (Å²) in [5, 5.41) is 3.06. The number of anilines is 1. The molecule has 1 aliphatic carbocycles. The monoisotopic (exact) mass is 433 g/mol. The van der Waals surface area contributed by atoms with Crippen molar-refractivity contribution < 1.29 is 18.7 Å². The molecule has 0 aliphatic heterocycles. The average molecular weight is 434 g/mol. The Balaban J connectivity index is 1.90. The summed E-state index contributed by atoms with van der Waals surface area (Å²) in [6, 6.07) is 10.8. The molecule has 0 spiro atoms. The first-order valence-electron chi connectivity index (χ1n) is 9.83. The molecule has 0 aromatic heterocycles. The number of amides is 2. The number of nitrogens with zero attached hydrogens (tertiary/aromatic N) is 1. The maximum Gasteiger partial charge on any atom is 0.411 e. The molecule has 1 saturated carbocycles. The van der Waals surface area contributed by atoms with Crippen LogP contribution >= 0.6 is 11.6 Å². The highest BCUT2D eigenvalue weighted by Gasteiger charge is 2.29. The van der Waals surface area contributed by atoms with Gasteiger partial charge in [0.05, 0.1) is 7.11 Å². The molecule has 2 amide bonds. The highest BCUT2D eigenvalue weighted by molar-refractivity contribution is 6.31. The molecule has 160 valence electrons. The van der Waals surface area contributed by atoms with E-state index in [0.29, 0.717) is 16.3 Å². The van der Waals surface area contributed by atoms with Gasteiger partial charge in [-0.05, 0) is 67.6 Å². The topological polar surface area (TPSA) is 84.7 Å². The first-order chi connectivity index (χ1) is 14.4. The van der Waals surface area contributed by atoms with Gasteiger partial charge in [-0.25, -0.2) is 9.18 Å². The molecule has 2 aromatic rings. The van der Waals surface area contributed by atoms with Crippen molar-refractivity contribution >= 4 is 29.3 Å². The Hall–Kier alpha value is -2.64. The minimum atomic E-state index is -0.600. The third kappa shape index (κ3) is 5.49. The van der Waals surface area contributed by atoms with E-state index < -0.39 is 11.9 Å². The van der Waals surface area contributed by atoms with Crippen LogP contribution in [0.5, 0.6) is 0 Å². The van der Waals surface area contributed by atoms with Crippen molar-refractivity contribution in [1.82, 2.24) is 4.90 Å². The van der Waals surface area contributed by atoms with Crippen molar-refractivity contribution in [3.05, 3.63) is 64.4 Å². The number of carbonyl (C=O) groups excluding carboxylic acids is 2. The smallest absolute Gasteiger partial charge is 0.411 e. The van der Waals surface area contributed by atoms with Crippen LogP contribution < -0.4 is 11.1 Å². The van der Waals surface area contributed by atoms with E-state index in [0.717, 1.165) is 25.7 Å². The molecule has 6 nitrogen and oxygen atoms in total. The number of benzene rings is 2. The lowest BCUT2D eigenvalue weighted by molar-refractivity contribution is 0.0606. The summed E-state index contributed by atoms with van der Waals surface area (Å²) in [7, 11) is 1.28. The zero-order chi connectivity index (χ0) is 21.7. The summed E-state index contributed by atoms with van der Waals surface area (Å²) in [5.41, 5.74) is 7.49. The van der Waals surface area contributed by atoms with Gasteiger partial charge in [-0.1, -0.05) is 17.7 Å². The second-order valence-electron chi connectivity index (χ2n) is 7.43. The van der Waals surface area contributed by atoms with Crippen LogP contribution in [0.4, 0.5) is 14.9 Å². The molecule has 1 fully saturated rings. The van der Waals surface area contributed by atoms with E-state index in [-0.39, 0.29) is 30.1 Å². The molecule has 0 radical (unpaired) electrons. The standard InChI is InChI=1S/C22H25ClFN3O3/c1-30-22(29)26-18-7-10-20(23)15(12-18)13-27(19-8-5-17(25)6-9-19)21(28)14-3-2-4-16(24)11-14/h2-4,7,10-12,17,19H,5-6,8-9,13,25H2,1H3,(H,26,29). The molecule has 3 N–H and O–H groups in total. The van der Waals surface area contributed by atoms with Crippen molar-refractivity contribution in [2.24, 2.45) is 5.73 Å². The van der Waals surface area contributed by atoms with Crippen LogP contribution in [-0.4, -0.2) is 36.1 Å². The minimum Gasteiger partial charge on any atom is -0.453 e. The first kappa shape index (κ1) is 22.1. The van der Waals surface area contributed by atoms with Crippen LogP contribution in [0.1, 0.15) is 41.6 Å². The Morgan fingerprint density at radius 2 is 1.93 bits per heavy atom. The molecule has 2 aromatic carbocycles. The minimum absolute atomic E-state index is 0.0335. The Bertz CT molecular complexity index is 916. The van der Waals surface area contributed by atoms with E-state index in [9.17, 15) is 14.0 Å². The number of hydrogen-bond acceptors (Lipinski definition) is 4. The van der Waals surface area contributed by atoms with Crippen LogP contribution in [0.25, 0.3) is 0 Å². The highest BCUT2D eigenvalue weighted by atomic mass is 35.5. The van der Waals surface area contributed by atoms with Crippen LogP contribution in [0.2, 0.25) is 5.02 Å². The van der Waals surface area contributed by atoms with E-state index >= 15 is 0 Å². The molecule has 0 saturated heterocycles. The summed E-state index contributed by atoms with van der Waals surface area (Å²) in [6.45, 7) is 0.227. The fourth-order valence-electron chi connectivity index (χ4n) is 3.69. The number of nitrogens with two attached hydrogens (primary N) is 1. The van der Waals surface area contributed by atoms with Gasteiger partial charge >= 0.3 is 6.09 Å². The number of rotatable bonds is 5. The lowest BCUT2D eigenvalue weighted by atomic mass is 9.90. The predicted molar refractivity (Wildman–Crippen MR) is 114 cm³/mol. The number of methoxy groups -OCH3 is 1. The summed E-state index contributed by atoms with van der Waals surface area (Å²) < 4.78 is 18.3. The zero-order valence-electron chi connectivity index (χ0n) is 16.7. The van der Waals surface area contributed by atoms with Crippen LogP contribution in [0.3, 0.4) is 0 Å². The van der Waals surface area contributed by atoms with E-state index in [1.807, 2.05) is 0 Å².